The number of aromatic nitrogens is 2. The van der Waals surface area contributed by atoms with Gasteiger partial charge in [0.05, 0.1) is 43.8 Å². The van der Waals surface area contributed by atoms with Crippen molar-refractivity contribution in [2.45, 2.75) is 31.6 Å². The van der Waals surface area contributed by atoms with Crippen molar-refractivity contribution in [2.24, 2.45) is 7.05 Å². The molecule has 1 saturated heterocycles. The minimum Gasteiger partial charge on any atom is -0.389 e. The monoisotopic (exact) mass is 312 g/mol. The molecule has 0 aliphatic carbocycles. The first-order valence-electron chi connectivity index (χ1n) is 7.47. The van der Waals surface area contributed by atoms with Crippen molar-refractivity contribution < 1.29 is 19.7 Å². The number of hydrogen-bond acceptors (Lipinski definition) is 6. The smallest absolute Gasteiger partial charge is 0.238 e. The molecule has 1 amide bonds. The molecule has 124 valence electrons. The van der Waals surface area contributed by atoms with Crippen LogP contribution < -0.4 is 5.32 Å². The minimum atomic E-state index is -0.917. The van der Waals surface area contributed by atoms with Crippen molar-refractivity contribution in [3.63, 3.8) is 0 Å². The molecular formula is C14H24N4O4. The highest BCUT2D eigenvalue weighted by molar-refractivity contribution is 5.92. The molecule has 1 aliphatic heterocycles. The van der Waals surface area contributed by atoms with Gasteiger partial charge in [0.15, 0.2) is 0 Å². The van der Waals surface area contributed by atoms with Gasteiger partial charge >= 0.3 is 0 Å². The van der Waals surface area contributed by atoms with E-state index in [1.807, 2.05) is 11.8 Å². The highest BCUT2D eigenvalue weighted by Gasteiger charge is 2.35. The molecule has 0 saturated carbocycles. The summed E-state index contributed by atoms with van der Waals surface area (Å²) in [5.74, 6) is -0.186. The first kappa shape index (κ1) is 16.9. The summed E-state index contributed by atoms with van der Waals surface area (Å²) in [5.41, 5.74) is 0.629. The molecule has 1 aliphatic rings. The third kappa shape index (κ3) is 4.26. The van der Waals surface area contributed by atoms with Crippen LogP contribution >= 0.6 is 0 Å². The molecule has 1 fully saturated rings. The molecule has 3 N–H and O–H groups in total. The van der Waals surface area contributed by atoms with Gasteiger partial charge in [0.2, 0.25) is 5.91 Å². The highest BCUT2D eigenvalue weighted by atomic mass is 16.5. The van der Waals surface area contributed by atoms with E-state index in [1.165, 1.54) is 0 Å². The van der Waals surface area contributed by atoms with Crippen molar-refractivity contribution in [2.75, 3.05) is 31.6 Å². The van der Waals surface area contributed by atoms with Crippen molar-refractivity contribution in [3.05, 3.63) is 12.4 Å². The number of hydrogen-bond donors (Lipinski definition) is 3. The van der Waals surface area contributed by atoms with Crippen LogP contribution in [0.25, 0.3) is 0 Å². The molecule has 0 aromatic carbocycles. The van der Waals surface area contributed by atoms with E-state index in [0.29, 0.717) is 18.8 Å². The van der Waals surface area contributed by atoms with E-state index >= 15 is 0 Å². The number of anilines is 1. The van der Waals surface area contributed by atoms with Crippen LogP contribution in [0.5, 0.6) is 0 Å². The van der Waals surface area contributed by atoms with Crippen LogP contribution in [0.15, 0.2) is 12.4 Å². The first-order valence-corrected chi connectivity index (χ1v) is 7.47. The number of aryl methyl sites for hydroxylation is 1. The van der Waals surface area contributed by atoms with Crippen molar-refractivity contribution >= 4 is 11.6 Å². The maximum atomic E-state index is 12.2. The number of ether oxygens (including phenoxy) is 1. The van der Waals surface area contributed by atoms with Crippen LogP contribution in [-0.2, 0) is 16.6 Å². The molecule has 0 radical (unpaired) electrons. The number of carbonyl (C=O) groups is 1. The fourth-order valence-corrected chi connectivity index (χ4v) is 2.60. The Morgan fingerprint density at radius 2 is 2.32 bits per heavy atom. The number of amides is 1. The number of aliphatic hydroxyl groups excluding tert-OH is 2. The van der Waals surface area contributed by atoms with Gasteiger partial charge in [-0.15, -0.1) is 0 Å². The Bertz CT molecular complexity index is 493. The standard InChI is InChI=1S/C14H24N4O4/c1-3-4-18(11-8-22-9-12(19)14(11)21)7-13(20)16-10-5-15-17(2)6-10/h5-6,11-12,14,19,21H,3-4,7-9H2,1-2H3,(H,16,20)/t11-,12-,14+/m1/s1. The number of rotatable bonds is 6. The fraction of sp³-hybridized carbons (Fsp3) is 0.714. The SMILES string of the molecule is CCCN(CC(=O)Nc1cnn(C)c1)[C@@H]1COC[C@@H](O)[C@H]1O. The van der Waals surface area contributed by atoms with E-state index in [0.717, 1.165) is 6.42 Å². The molecular weight excluding hydrogens is 288 g/mol. The van der Waals surface area contributed by atoms with Crippen LogP contribution in [0.1, 0.15) is 13.3 Å². The summed E-state index contributed by atoms with van der Waals surface area (Å²) < 4.78 is 6.90. The van der Waals surface area contributed by atoms with Crippen molar-refractivity contribution in [1.82, 2.24) is 14.7 Å². The number of carbonyl (C=O) groups excluding carboxylic acids is 1. The van der Waals surface area contributed by atoms with E-state index < -0.39 is 12.2 Å². The Labute approximate surface area is 129 Å². The summed E-state index contributed by atoms with van der Waals surface area (Å²) in [7, 11) is 1.77. The van der Waals surface area contributed by atoms with Crippen LogP contribution in [-0.4, -0.2) is 75.4 Å². The van der Waals surface area contributed by atoms with Gasteiger partial charge in [-0.05, 0) is 13.0 Å². The quantitative estimate of drug-likeness (QED) is 0.635. The first-order chi connectivity index (χ1) is 10.5. The third-order valence-corrected chi connectivity index (χ3v) is 3.68. The third-order valence-electron chi connectivity index (χ3n) is 3.68. The molecule has 1 aromatic rings. The van der Waals surface area contributed by atoms with Gasteiger partial charge in [-0.1, -0.05) is 6.92 Å². The average molecular weight is 312 g/mol. The van der Waals surface area contributed by atoms with E-state index in [9.17, 15) is 15.0 Å². The maximum absolute atomic E-state index is 12.2. The molecule has 8 heteroatoms. The lowest BCUT2D eigenvalue weighted by Crippen LogP contribution is -2.57. The summed E-state index contributed by atoms with van der Waals surface area (Å²) in [4.78, 5) is 14.0. The van der Waals surface area contributed by atoms with Crippen LogP contribution in [0, 0.1) is 0 Å². The maximum Gasteiger partial charge on any atom is 0.238 e. The summed E-state index contributed by atoms with van der Waals surface area (Å²) >= 11 is 0. The van der Waals surface area contributed by atoms with Gasteiger partial charge in [-0.25, -0.2) is 0 Å². The number of aliphatic hydroxyl groups is 2. The Kier molecular flexibility index (Phi) is 5.90. The van der Waals surface area contributed by atoms with Crippen LogP contribution in [0.4, 0.5) is 5.69 Å². The van der Waals surface area contributed by atoms with Crippen molar-refractivity contribution in [3.8, 4) is 0 Å². The Balaban J connectivity index is 1.96. The number of nitrogens with one attached hydrogen (secondary N) is 1. The summed E-state index contributed by atoms with van der Waals surface area (Å²) in [5, 5.41) is 26.6. The Hall–Kier alpha value is -1.48. The second kappa shape index (κ2) is 7.68. The van der Waals surface area contributed by atoms with E-state index in [4.69, 9.17) is 4.74 Å². The molecule has 0 bridgehead atoms. The van der Waals surface area contributed by atoms with Gasteiger partial charge in [0, 0.05) is 13.2 Å². The molecule has 0 unspecified atom stereocenters. The second-order valence-corrected chi connectivity index (χ2v) is 5.58. The normalized spacial score (nSPS) is 25.4. The largest absolute Gasteiger partial charge is 0.389 e. The fourth-order valence-electron chi connectivity index (χ4n) is 2.60. The van der Waals surface area contributed by atoms with Gasteiger partial charge in [0.1, 0.15) is 6.10 Å². The summed E-state index contributed by atoms with van der Waals surface area (Å²) in [6.07, 6.45) is 2.29. The summed E-state index contributed by atoms with van der Waals surface area (Å²) in [6.45, 7) is 3.19. The van der Waals surface area contributed by atoms with Crippen LogP contribution in [0.3, 0.4) is 0 Å². The zero-order valence-corrected chi connectivity index (χ0v) is 13.0. The summed E-state index contributed by atoms with van der Waals surface area (Å²) in [6, 6.07) is -0.386. The molecule has 1 aromatic heterocycles. The lowest BCUT2D eigenvalue weighted by atomic mass is 10.0. The second-order valence-electron chi connectivity index (χ2n) is 5.58. The predicted molar refractivity (Wildman–Crippen MR) is 80.3 cm³/mol. The molecule has 2 heterocycles. The minimum absolute atomic E-state index is 0.125. The topological polar surface area (TPSA) is 99.9 Å². The zero-order chi connectivity index (χ0) is 16.1. The van der Waals surface area contributed by atoms with Gasteiger partial charge < -0.3 is 20.3 Å². The molecule has 22 heavy (non-hydrogen) atoms. The lowest BCUT2D eigenvalue weighted by molar-refractivity contribution is -0.138. The molecule has 3 atom stereocenters. The van der Waals surface area contributed by atoms with E-state index in [2.05, 4.69) is 10.4 Å². The molecule has 0 spiro atoms. The molecule has 2 rings (SSSR count). The highest BCUT2D eigenvalue weighted by Crippen LogP contribution is 2.16. The zero-order valence-electron chi connectivity index (χ0n) is 13.0. The lowest BCUT2D eigenvalue weighted by Gasteiger charge is -2.39. The van der Waals surface area contributed by atoms with E-state index in [1.54, 1.807) is 24.1 Å². The molecule has 8 nitrogen and oxygen atoms in total. The number of nitrogens with zero attached hydrogens (tertiary/aromatic N) is 3. The Morgan fingerprint density at radius 1 is 1.55 bits per heavy atom. The van der Waals surface area contributed by atoms with E-state index in [-0.39, 0.29) is 25.1 Å². The predicted octanol–water partition coefficient (Wildman–Crippen LogP) is -0.809. The van der Waals surface area contributed by atoms with Crippen molar-refractivity contribution in [1.29, 1.82) is 0 Å². The average Bonchev–Trinajstić information content (AvgIpc) is 2.86. The van der Waals surface area contributed by atoms with Gasteiger partial charge in [-0.3, -0.25) is 14.4 Å². The van der Waals surface area contributed by atoms with Gasteiger partial charge in [0.25, 0.3) is 0 Å². The van der Waals surface area contributed by atoms with Gasteiger partial charge in [-0.2, -0.15) is 5.10 Å². The Morgan fingerprint density at radius 3 is 2.95 bits per heavy atom. The van der Waals surface area contributed by atoms with Crippen LogP contribution in [0.2, 0.25) is 0 Å².